The molecule has 0 aliphatic carbocycles. The maximum Gasteiger partial charge on any atom is 0.309 e. The van der Waals surface area contributed by atoms with E-state index in [0.717, 1.165) is 22.3 Å². The first-order chi connectivity index (χ1) is 11.3. The molecule has 0 spiro atoms. The van der Waals surface area contributed by atoms with Crippen LogP contribution < -0.4 is 4.74 Å². The molecule has 0 unspecified atom stereocenters. The van der Waals surface area contributed by atoms with Gasteiger partial charge in [0.25, 0.3) is 0 Å². The van der Waals surface area contributed by atoms with E-state index in [1.165, 1.54) is 7.11 Å². The Morgan fingerprint density at radius 1 is 1.17 bits per heavy atom. The fraction of sp³-hybridized carbons (Fsp3) is 0.389. The topological polar surface area (TPSA) is 61.3 Å². The van der Waals surface area contributed by atoms with Gasteiger partial charge in [0.1, 0.15) is 5.75 Å². The van der Waals surface area contributed by atoms with E-state index < -0.39 is 0 Å². The summed E-state index contributed by atoms with van der Waals surface area (Å²) in [5.74, 6) is 1.05. The highest BCUT2D eigenvalue weighted by Crippen LogP contribution is 2.31. The van der Waals surface area contributed by atoms with Crippen LogP contribution in [0.3, 0.4) is 0 Å². The number of aryl methyl sites for hydroxylation is 2. The molecular formula is C18H21ClN2O3. The van der Waals surface area contributed by atoms with Crippen molar-refractivity contribution in [3.8, 4) is 11.6 Å². The molecule has 24 heavy (non-hydrogen) atoms. The number of carbonyl (C=O) groups excluding carboxylic acids is 1. The van der Waals surface area contributed by atoms with E-state index in [1.54, 1.807) is 6.07 Å². The Morgan fingerprint density at radius 2 is 1.79 bits per heavy atom. The van der Waals surface area contributed by atoms with Crippen molar-refractivity contribution in [2.24, 2.45) is 0 Å². The first kappa shape index (κ1) is 18.2. The number of esters is 1. The van der Waals surface area contributed by atoms with Gasteiger partial charge in [0.15, 0.2) is 5.15 Å². The van der Waals surface area contributed by atoms with Crippen LogP contribution in [0.1, 0.15) is 42.0 Å². The van der Waals surface area contributed by atoms with Crippen LogP contribution in [-0.4, -0.2) is 23.3 Å². The van der Waals surface area contributed by atoms with Crippen LogP contribution in [0.4, 0.5) is 0 Å². The lowest BCUT2D eigenvalue weighted by Crippen LogP contribution is -2.05. The first-order valence-electron chi connectivity index (χ1n) is 7.69. The molecule has 0 bridgehead atoms. The molecule has 0 fully saturated rings. The number of aromatic nitrogens is 2. The van der Waals surface area contributed by atoms with Crippen LogP contribution in [-0.2, 0) is 16.0 Å². The molecule has 6 heteroatoms. The third-order valence-corrected chi connectivity index (χ3v) is 3.97. The smallest absolute Gasteiger partial charge is 0.309 e. The summed E-state index contributed by atoms with van der Waals surface area (Å²) < 4.78 is 10.6. The molecule has 0 aliphatic rings. The molecule has 128 valence electrons. The maximum absolute atomic E-state index is 11.4. The van der Waals surface area contributed by atoms with Crippen molar-refractivity contribution in [3.63, 3.8) is 0 Å². The van der Waals surface area contributed by atoms with E-state index in [9.17, 15) is 4.79 Å². The van der Waals surface area contributed by atoms with Crippen LogP contribution >= 0.6 is 11.6 Å². The summed E-state index contributed by atoms with van der Waals surface area (Å²) in [6.07, 6.45) is 0.233. The number of hydrogen-bond donors (Lipinski definition) is 0. The molecule has 1 heterocycles. The number of hydrogen-bond acceptors (Lipinski definition) is 5. The van der Waals surface area contributed by atoms with Crippen LogP contribution in [0.2, 0.25) is 5.15 Å². The van der Waals surface area contributed by atoms with E-state index >= 15 is 0 Å². The average molecular weight is 349 g/mol. The Balaban J connectivity index is 2.30. The molecule has 1 aromatic carbocycles. The molecule has 2 rings (SSSR count). The van der Waals surface area contributed by atoms with Gasteiger partial charge in [-0.1, -0.05) is 37.6 Å². The zero-order valence-electron chi connectivity index (χ0n) is 14.5. The SMILES string of the molecule is COC(=O)Cc1cc(C)c(Oc2cc(C(C)C)c(Cl)nn2)c(C)c1. The van der Waals surface area contributed by atoms with Crippen molar-refractivity contribution < 1.29 is 14.3 Å². The van der Waals surface area contributed by atoms with Gasteiger partial charge in [0, 0.05) is 6.07 Å². The predicted octanol–water partition coefficient (Wildman–Crippen LogP) is 4.38. The van der Waals surface area contributed by atoms with Crippen LogP contribution in [0, 0.1) is 13.8 Å². The second-order valence-corrected chi connectivity index (χ2v) is 6.36. The standard InChI is InChI=1S/C18H21ClN2O3/c1-10(2)14-9-15(20-21-18(14)19)24-17-11(3)6-13(7-12(17)4)8-16(22)23-5/h6-7,9-10H,8H2,1-5H3. The lowest BCUT2D eigenvalue weighted by Gasteiger charge is -2.14. The highest BCUT2D eigenvalue weighted by Gasteiger charge is 2.14. The van der Waals surface area contributed by atoms with Crippen molar-refractivity contribution in [2.75, 3.05) is 7.11 Å². The van der Waals surface area contributed by atoms with E-state index in [1.807, 2.05) is 39.8 Å². The normalized spacial score (nSPS) is 10.8. The summed E-state index contributed by atoms with van der Waals surface area (Å²) >= 11 is 6.07. The quantitative estimate of drug-likeness (QED) is 0.750. The highest BCUT2D eigenvalue weighted by atomic mass is 35.5. The minimum Gasteiger partial charge on any atom is -0.469 e. The summed E-state index contributed by atoms with van der Waals surface area (Å²) in [4.78, 5) is 11.4. The Kier molecular flexibility index (Phi) is 5.78. The fourth-order valence-corrected chi connectivity index (χ4v) is 2.78. The summed E-state index contributed by atoms with van der Waals surface area (Å²) in [6, 6.07) is 5.62. The second-order valence-electron chi connectivity index (χ2n) is 6.00. The van der Waals surface area contributed by atoms with Gasteiger partial charge in [0.2, 0.25) is 5.88 Å². The van der Waals surface area contributed by atoms with Gasteiger partial charge < -0.3 is 9.47 Å². The summed E-state index contributed by atoms with van der Waals surface area (Å²) in [5.41, 5.74) is 3.60. The molecule has 5 nitrogen and oxygen atoms in total. The molecule has 0 aliphatic heterocycles. The Hall–Kier alpha value is -2.14. The fourth-order valence-electron chi connectivity index (χ4n) is 2.47. The van der Waals surface area contributed by atoms with Gasteiger partial charge in [-0.15, -0.1) is 10.2 Å². The second kappa shape index (κ2) is 7.62. The van der Waals surface area contributed by atoms with Crippen molar-refractivity contribution in [2.45, 2.75) is 40.0 Å². The third-order valence-electron chi connectivity index (χ3n) is 3.68. The van der Waals surface area contributed by atoms with Crippen molar-refractivity contribution >= 4 is 17.6 Å². The lowest BCUT2D eigenvalue weighted by molar-refractivity contribution is -0.139. The number of nitrogens with zero attached hydrogens (tertiary/aromatic N) is 2. The van der Waals surface area contributed by atoms with Gasteiger partial charge >= 0.3 is 5.97 Å². The molecule has 2 aromatic rings. The minimum absolute atomic E-state index is 0.222. The third kappa shape index (κ3) is 4.23. The van der Waals surface area contributed by atoms with Gasteiger partial charge in [-0.2, -0.15) is 0 Å². The number of carbonyl (C=O) groups is 1. The van der Waals surface area contributed by atoms with E-state index in [0.29, 0.717) is 16.8 Å². The highest BCUT2D eigenvalue weighted by molar-refractivity contribution is 6.30. The Morgan fingerprint density at radius 3 is 2.33 bits per heavy atom. The molecule has 0 saturated heterocycles. The molecule has 0 radical (unpaired) electrons. The number of benzene rings is 1. The zero-order chi connectivity index (χ0) is 17.9. The van der Waals surface area contributed by atoms with Crippen molar-refractivity contribution in [3.05, 3.63) is 45.6 Å². The molecule has 0 atom stereocenters. The molecule has 0 amide bonds. The van der Waals surface area contributed by atoms with E-state index in [4.69, 9.17) is 21.1 Å². The molecule has 1 aromatic heterocycles. The lowest BCUT2D eigenvalue weighted by atomic mass is 10.0. The van der Waals surface area contributed by atoms with Gasteiger partial charge in [-0.3, -0.25) is 4.79 Å². The van der Waals surface area contributed by atoms with Crippen LogP contribution in [0.15, 0.2) is 18.2 Å². The van der Waals surface area contributed by atoms with Crippen LogP contribution in [0.25, 0.3) is 0 Å². The number of halogens is 1. The zero-order valence-corrected chi connectivity index (χ0v) is 15.3. The molecule has 0 saturated carbocycles. The minimum atomic E-state index is -0.271. The van der Waals surface area contributed by atoms with Crippen molar-refractivity contribution in [1.82, 2.24) is 10.2 Å². The van der Waals surface area contributed by atoms with E-state index in [2.05, 4.69) is 10.2 Å². The Bertz CT molecular complexity index is 737. The predicted molar refractivity (Wildman–Crippen MR) is 92.8 cm³/mol. The number of ether oxygens (including phenoxy) is 2. The largest absolute Gasteiger partial charge is 0.469 e. The van der Waals surface area contributed by atoms with Gasteiger partial charge in [0.05, 0.1) is 13.5 Å². The van der Waals surface area contributed by atoms with Crippen LogP contribution in [0.5, 0.6) is 11.6 Å². The summed E-state index contributed by atoms with van der Waals surface area (Å²) in [5, 5.41) is 8.35. The number of rotatable bonds is 5. The molecular weight excluding hydrogens is 328 g/mol. The molecule has 0 N–H and O–H groups in total. The summed E-state index contributed by atoms with van der Waals surface area (Å²) in [6.45, 7) is 7.92. The average Bonchev–Trinajstić information content (AvgIpc) is 2.52. The maximum atomic E-state index is 11.4. The van der Waals surface area contributed by atoms with E-state index in [-0.39, 0.29) is 18.3 Å². The Labute approximate surface area is 147 Å². The number of methoxy groups -OCH3 is 1. The monoisotopic (exact) mass is 348 g/mol. The first-order valence-corrected chi connectivity index (χ1v) is 8.07. The van der Waals surface area contributed by atoms with Gasteiger partial charge in [-0.25, -0.2) is 0 Å². The summed E-state index contributed by atoms with van der Waals surface area (Å²) in [7, 11) is 1.38. The van der Waals surface area contributed by atoms with Gasteiger partial charge in [-0.05, 0) is 42.0 Å². The van der Waals surface area contributed by atoms with Crippen molar-refractivity contribution in [1.29, 1.82) is 0 Å².